The van der Waals surface area contributed by atoms with E-state index in [4.69, 9.17) is 9.47 Å². The summed E-state index contributed by atoms with van der Waals surface area (Å²) in [6.45, 7) is 5.44. The molecule has 0 aliphatic carbocycles. The van der Waals surface area contributed by atoms with Crippen molar-refractivity contribution in [3.63, 3.8) is 0 Å². The molecule has 1 heterocycles. The summed E-state index contributed by atoms with van der Waals surface area (Å²) in [7, 11) is 1.62. The van der Waals surface area contributed by atoms with E-state index in [2.05, 4.69) is 10.4 Å². The summed E-state index contributed by atoms with van der Waals surface area (Å²) < 4.78 is 12.4. The van der Waals surface area contributed by atoms with Gasteiger partial charge in [0, 0.05) is 26.3 Å². The first kappa shape index (κ1) is 17.0. The molecule has 0 atom stereocenters. The molecule has 0 unspecified atom stereocenters. The van der Waals surface area contributed by atoms with E-state index in [1.54, 1.807) is 18.0 Å². The second kappa shape index (κ2) is 8.33. The van der Waals surface area contributed by atoms with Crippen LogP contribution in [0.5, 0.6) is 5.75 Å². The predicted molar refractivity (Wildman–Crippen MR) is 88.8 cm³/mol. The van der Waals surface area contributed by atoms with Crippen molar-refractivity contribution < 1.29 is 14.3 Å². The molecule has 2 rings (SSSR count). The average Bonchev–Trinajstić information content (AvgIpc) is 2.94. The number of nitrogens with one attached hydrogen (secondary N) is 1. The fraction of sp³-hybridized carbons (Fsp3) is 0.412. The first-order valence-electron chi connectivity index (χ1n) is 7.60. The molecular weight excluding hydrogens is 294 g/mol. The quantitative estimate of drug-likeness (QED) is 0.760. The molecule has 0 bridgehead atoms. The lowest BCUT2D eigenvalue weighted by molar-refractivity contribution is -0.116. The molecule has 0 saturated heterocycles. The van der Waals surface area contributed by atoms with Gasteiger partial charge in [-0.05, 0) is 37.1 Å². The third-order valence-electron chi connectivity index (χ3n) is 3.29. The molecule has 1 aromatic heterocycles. The second-order valence-corrected chi connectivity index (χ2v) is 5.42. The third-order valence-corrected chi connectivity index (χ3v) is 3.29. The summed E-state index contributed by atoms with van der Waals surface area (Å²) >= 11 is 0. The minimum Gasteiger partial charge on any atom is -0.489 e. The van der Waals surface area contributed by atoms with Crippen LogP contribution in [0.2, 0.25) is 0 Å². The van der Waals surface area contributed by atoms with E-state index < -0.39 is 0 Å². The van der Waals surface area contributed by atoms with Crippen molar-refractivity contribution in [2.24, 2.45) is 0 Å². The number of aromatic nitrogens is 2. The molecular formula is C17H23N3O3. The number of amides is 1. The Labute approximate surface area is 136 Å². The Balaban J connectivity index is 1.93. The topological polar surface area (TPSA) is 65.4 Å². The van der Waals surface area contributed by atoms with E-state index in [0.29, 0.717) is 37.6 Å². The van der Waals surface area contributed by atoms with Gasteiger partial charge in [-0.1, -0.05) is 6.07 Å². The van der Waals surface area contributed by atoms with E-state index in [1.807, 2.05) is 38.2 Å². The van der Waals surface area contributed by atoms with Gasteiger partial charge in [0.15, 0.2) is 0 Å². The molecule has 6 heteroatoms. The molecule has 6 nitrogen and oxygen atoms in total. The minimum atomic E-state index is -0.0707. The number of anilines is 1. The fourth-order valence-electron chi connectivity index (χ4n) is 2.11. The number of benzene rings is 1. The zero-order valence-corrected chi connectivity index (χ0v) is 13.8. The highest BCUT2D eigenvalue weighted by Crippen LogP contribution is 2.26. The normalized spacial score (nSPS) is 10.6. The summed E-state index contributed by atoms with van der Waals surface area (Å²) in [6.07, 6.45) is 4.05. The summed E-state index contributed by atoms with van der Waals surface area (Å²) in [5.41, 5.74) is 2.83. The number of ether oxygens (including phenoxy) is 2. The van der Waals surface area contributed by atoms with Crippen LogP contribution in [0.1, 0.15) is 17.5 Å². The van der Waals surface area contributed by atoms with Crippen molar-refractivity contribution >= 4 is 11.6 Å². The molecule has 1 N–H and O–H groups in total. The van der Waals surface area contributed by atoms with Gasteiger partial charge in [-0.15, -0.1) is 0 Å². The molecule has 2 aromatic rings. The van der Waals surface area contributed by atoms with Crippen LogP contribution in [-0.4, -0.2) is 36.0 Å². The van der Waals surface area contributed by atoms with Crippen LogP contribution in [0, 0.1) is 13.8 Å². The van der Waals surface area contributed by atoms with E-state index in [0.717, 1.165) is 11.1 Å². The van der Waals surface area contributed by atoms with Crippen molar-refractivity contribution in [2.75, 3.05) is 25.6 Å². The molecule has 0 saturated carbocycles. The summed E-state index contributed by atoms with van der Waals surface area (Å²) in [6, 6.07) is 5.70. The average molecular weight is 317 g/mol. The standard InChI is InChI=1S/C17H23N3O3/c1-13-4-5-15(16(10-13)23-9-8-22-3)19-17(21)6-7-20-12-14(2)11-18-20/h4-5,10-12H,6-9H2,1-3H3,(H,19,21). The second-order valence-electron chi connectivity index (χ2n) is 5.42. The van der Waals surface area contributed by atoms with Crippen molar-refractivity contribution in [1.29, 1.82) is 0 Å². The van der Waals surface area contributed by atoms with Gasteiger partial charge in [0.05, 0.1) is 18.5 Å². The van der Waals surface area contributed by atoms with E-state index in [1.165, 1.54) is 0 Å². The van der Waals surface area contributed by atoms with Crippen molar-refractivity contribution in [3.8, 4) is 5.75 Å². The molecule has 1 amide bonds. The molecule has 0 radical (unpaired) electrons. The van der Waals surface area contributed by atoms with Crippen molar-refractivity contribution in [1.82, 2.24) is 9.78 Å². The number of carbonyl (C=O) groups is 1. The van der Waals surface area contributed by atoms with Gasteiger partial charge in [0.2, 0.25) is 5.91 Å². The van der Waals surface area contributed by atoms with Gasteiger partial charge in [0.1, 0.15) is 12.4 Å². The number of hydrogen-bond acceptors (Lipinski definition) is 4. The van der Waals surface area contributed by atoms with Gasteiger partial charge in [-0.2, -0.15) is 5.10 Å². The Bertz CT molecular complexity index is 652. The maximum atomic E-state index is 12.1. The van der Waals surface area contributed by atoms with Crippen LogP contribution in [0.25, 0.3) is 0 Å². The van der Waals surface area contributed by atoms with Crippen LogP contribution in [0.3, 0.4) is 0 Å². The van der Waals surface area contributed by atoms with Gasteiger partial charge >= 0.3 is 0 Å². The van der Waals surface area contributed by atoms with Gasteiger partial charge in [-0.3, -0.25) is 9.48 Å². The highest BCUT2D eigenvalue weighted by Gasteiger charge is 2.09. The number of hydrogen-bond donors (Lipinski definition) is 1. The van der Waals surface area contributed by atoms with Crippen LogP contribution in [0.15, 0.2) is 30.6 Å². The van der Waals surface area contributed by atoms with Gasteiger partial charge < -0.3 is 14.8 Å². The zero-order chi connectivity index (χ0) is 16.7. The molecule has 0 aliphatic heterocycles. The smallest absolute Gasteiger partial charge is 0.226 e. The van der Waals surface area contributed by atoms with Crippen molar-refractivity contribution in [3.05, 3.63) is 41.7 Å². The lowest BCUT2D eigenvalue weighted by Crippen LogP contribution is -2.16. The SMILES string of the molecule is COCCOc1cc(C)ccc1NC(=O)CCn1cc(C)cn1. The van der Waals surface area contributed by atoms with Crippen molar-refractivity contribution in [2.45, 2.75) is 26.8 Å². The lowest BCUT2D eigenvalue weighted by atomic mass is 10.2. The Morgan fingerprint density at radius 1 is 1.26 bits per heavy atom. The maximum absolute atomic E-state index is 12.1. The molecule has 0 fully saturated rings. The van der Waals surface area contributed by atoms with Crippen LogP contribution in [-0.2, 0) is 16.1 Å². The number of aryl methyl sites for hydroxylation is 3. The minimum absolute atomic E-state index is 0.0707. The summed E-state index contributed by atoms with van der Waals surface area (Å²) in [5.74, 6) is 0.587. The Morgan fingerprint density at radius 3 is 2.78 bits per heavy atom. The van der Waals surface area contributed by atoms with Gasteiger partial charge in [0.25, 0.3) is 0 Å². The lowest BCUT2D eigenvalue weighted by Gasteiger charge is -2.13. The molecule has 23 heavy (non-hydrogen) atoms. The Kier molecular flexibility index (Phi) is 6.17. The first-order chi connectivity index (χ1) is 11.1. The highest BCUT2D eigenvalue weighted by molar-refractivity contribution is 5.92. The Hall–Kier alpha value is -2.34. The molecule has 0 aliphatic rings. The van der Waals surface area contributed by atoms with Crippen LogP contribution < -0.4 is 10.1 Å². The summed E-state index contributed by atoms with van der Waals surface area (Å²) in [5, 5.41) is 7.07. The monoisotopic (exact) mass is 317 g/mol. The summed E-state index contributed by atoms with van der Waals surface area (Å²) in [4.78, 5) is 12.1. The Morgan fingerprint density at radius 2 is 2.09 bits per heavy atom. The van der Waals surface area contributed by atoms with Gasteiger partial charge in [-0.25, -0.2) is 0 Å². The molecule has 1 aromatic carbocycles. The first-order valence-corrected chi connectivity index (χ1v) is 7.60. The number of methoxy groups -OCH3 is 1. The number of rotatable bonds is 8. The highest BCUT2D eigenvalue weighted by atomic mass is 16.5. The van der Waals surface area contributed by atoms with E-state index >= 15 is 0 Å². The maximum Gasteiger partial charge on any atom is 0.226 e. The van der Waals surface area contributed by atoms with Crippen LogP contribution >= 0.6 is 0 Å². The number of carbonyl (C=O) groups excluding carboxylic acids is 1. The van der Waals surface area contributed by atoms with E-state index in [9.17, 15) is 4.79 Å². The number of nitrogens with zero attached hydrogens (tertiary/aromatic N) is 2. The third kappa shape index (κ3) is 5.41. The largest absolute Gasteiger partial charge is 0.489 e. The van der Waals surface area contributed by atoms with E-state index in [-0.39, 0.29) is 5.91 Å². The molecule has 124 valence electrons. The zero-order valence-electron chi connectivity index (χ0n) is 13.8. The van der Waals surface area contributed by atoms with Crippen LogP contribution in [0.4, 0.5) is 5.69 Å². The predicted octanol–water partition coefficient (Wildman–Crippen LogP) is 2.55. The molecule has 0 spiro atoms. The fourth-order valence-corrected chi connectivity index (χ4v) is 2.11.